The number of nitrogens with zero attached hydrogens (tertiary/aromatic N) is 1. The van der Waals surface area contributed by atoms with Gasteiger partial charge < -0.3 is 5.32 Å². The molecule has 0 atom stereocenters. The summed E-state index contributed by atoms with van der Waals surface area (Å²) in [6, 6.07) is 10.9. The number of anilines is 1. The summed E-state index contributed by atoms with van der Waals surface area (Å²) in [5.74, 6) is -0.601. The average Bonchev–Trinajstić information content (AvgIpc) is 3.48. The Morgan fingerprint density at radius 1 is 1.06 bits per heavy atom. The number of nitrogens with one attached hydrogen (secondary N) is 1. The van der Waals surface area contributed by atoms with Gasteiger partial charge >= 0.3 is 0 Å². The van der Waals surface area contributed by atoms with Gasteiger partial charge in [-0.3, -0.25) is 19.3 Å². The fourth-order valence-corrected chi connectivity index (χ4v) is 6.21. The van der Waals surface area contributed by atoms with Gasteiger partial charge in [0.15, 0.2) is 0 Å². The van der Waals surface area contributed by atoms with E-state index in [2.05, 4.69) is 11.9 Å². The minimum absolute atomic E-state index is 0.0428. The lowest BCUT2D eigenvalue weighted by Crippen LogP contribution is -2.32. The Hall–Kier alpha value is -3.03. The Morgan fingerprint density at radius 2 is 1.84 bits per heavy atom. The van der Waals surface area contributed by atoms with E-state index in [0.29, 0.717) is 26.7 Å². The van der Waals surface area contributed by atoms with Crippen LogP contribution in [0.1, 0.15) is 54.4 Å². The van der Waals surface area contributed by atoms with Crippen LogP contribution < -0.4 is 5.32 Å². The lowest BCUT2D eigenvalue weighted by atomic mass is 9.93. The van der Waals surface area contributed by atoms with Gasteiger partial charge in [-0.15, -0.1) is 22.7 Å². The molecular formula is C24H20N2O3S2. The quantitative estimate of drug-likeness (QED) is 0.560. The second-order valence-electron chi connectivity index (χ2n) is 7.65. The molecule has 1 N–H and O–H groups in total. The molecule has 0 fully saturated rings. The Kier molecular flexibility index (Phi) is 5.08. The molecule has 0 saturated heterocycles. The standard InChI is InChI=1S/C24H20N2O3S2/c1-14-15-7-2-3-8-16(15)24(29)26(14)13-20(27)25-23-21(22(28)19-11-6-12-30-19)17-9-4-5-10-18(17)31-23/h2-3,6-8,11-12H,1,4-5,9-10,13H2,(H,25,27). The van der Waals surface area contributed by atoms with Crippen molar-refractivity contribution in [2.75, 3.05) is 11.9 Å². The SMILES string of the molecule is C=C1c2ccccc2C(=O)N1CC(=O)Nc1sc2c(c1C(=O)c1cccs1)CCCC2. The lowest BCUT2D eigenvalue weighted by Gasteiger charge is -2.17. The number of benzene rings is 1. The molecule has 0 bridgehead atoms. The third kappa shape index (κ3) is 3.43. The van der Waals surface area contributed by atoms with Crippen molar-refractivity contribution in [1.82, 2.24) is 4.90 Å². The van der Waals surface area contributed by atoms with Gasteiger partial charge in [-0.25, -0.2) is 0 Å². The second kappa shape index (κ2) is 7.90. The van der Waals surface area contributed by atoms with Gasteiger partial charge in [0.2, 0.25) is 11.7 Å². The van der Waals surface area contributed by atoms with Crippen LogP contribution in [0.4, 0.5) is 5.00 Å². The number of fused-ring (bicyclic) bond motifs is 2. The van der Waals surface area contributed by atoms with Crippen molar-refractivity contribution in [2.45, 2.75) is 25.7 Å². The molecule has 2 amide bonds. The Bertz CT molecular complexity index is 1190. The number of aryl methyl sites for hydroxylation is 1. The van der Waals surface area contributed by atoms with Crippen LogP contribution in [0.5, 0.6) is 0 Å². The topological polar surface area (TPSA) is 66.5 Å². The van der Waals surface area contributed by atoms with E-state index < -0.39 is 0 Å². The van der Waals surface area contributed by atoms with Crippen LogP contribution in [0.15, 0.2) is 48.4 Å². The molecule has 2 aliphatic rings. The number of ketones is 1. The number of carbonyl (C=O) groups is 3. The summed E-state index contributed by atoms with van der Waals surface area (Å²) in [5, 5.41) is 5.40. The molecule has 3 aromatic rings. The van der Waals surface area contributed by atoms with E-state index in [4.69, 9.17) is 0 Å². The molecule has 5 rings (SSSR count). The first-order chi connectivity index (χ1) is 15.0. The molecule has 31 heavy (non-hydrogen) atoms. The van der Waals surface area contributed by atoms with E-state index in [1.54, 1.807) is 12.1 Å². The first-order valence-electron chi connectivity index (χ1n) is 10.2. The number of hydrogen-bond donors (Lipinski definition) is 1. The van der Waals surface area contributed by atoms with Crippen molar-refractivity contribution >= 4 is 51.0 Å². The van der Waals surface area contributed by atoms with Gasteiger partial charge in [0.25, 0.3) is 5.91 Å². The molecule has 0 spiro atoms. The summed E-state index contributed by atoms with van der Waals surface area (Å²) in [4.78, 5) is 42.1. The molecular weight excluding hydrogens is 428 g/mol. The summed E-state index contributed by atoms with van der Waals surface area (Å²) in [6.45, 7) is 3.86. The molecule has 0 radical (unpaired) electrons. The maximum absolute atomic E-state index is 13.2. The summed E-state index contributed by atoms with van der Waals surface area (Å²) < 4.78 is 0. The molecule has 2 aromatic heterocycles. The first-order valence-corrected chi connectivity index (χ1v) is 11.9. The Balaban J connectivity index is 1.41. The molecule has 0 saturated carbocycles. The van der Waals surface area contributed by atoms with Crippen LogP contribution in [0.25, 0.3) is 5.70 Å². The molecule has 7 heteroatoms. The van der Waals surface area contributed by atoms with Crippen LogP contribution in [0.2, 0.25) is 0 Å². The zero-order valence-corrected chi connectivity index (χ0v) is 18.4. The first kappa shape index (κ1) is 19.9. The highest BCUT2D eigenvalue weighted by atomic mass is 32.1. The number of thiophene rings is 2. The fraction of sp³-hybridized carbons (Fsp3) is 0.208. The predicted octanol–water partition coefficient (Wildman–Crippen LogP) is 4.98. The van der Waals surface area contributed by atoms with E-state index in [1.807, 2.05) is 29.6 Å². The second-order valence-corrected chi connectivity index (χ2v) is 9.71. The van der Waals surface area contributed by atoms with E-state index in [-0.39, 0.29) is 24.1 Å². The van der Waals surface area contributed by atoms with E-state index in [0.717, 1.165) is 36.8 Å². The van der Waals surface area contributed by atoms with Crippen molar-refractivity contribution in [2.24, 2.45) is 0 Å². The highest BCUT2D eigenvalue weighted by Crippen LogP contribution is 2.40. The normalized spacial score (nSPS) is 15.0. The van der Waals surface area contributed by atoms with Gasteiger partial charge in [0, 0.05) is 21.7 Å². The minimum atomic E-state index is -0.332. The monoisotopic (exact) mass is 448 g/mol. The number of rotatable bonds is 5. The summed E-state index contributed by atoms with van der Waals surface area (Å²) in [6.07, 6.45) is 3.91. The number of amides is 2. The molecule has 1 aromatic carbocycles. The summed E-state index contributed by atoms with van der Waals surface area (Å²) in [7, 11) is 0. The largest absolute Gasteiger partial charge is 0.316 e. The number of carbonyl (C=O) groups excluding carboxylic acids is 3. The van der Waals surface area contributed by atoms with Crippen molar-refractivity contribution in [3.8, 4) is 0 Å². The molecule has 156 valence electrons. The predicted molar refractivity (Wildman–Crippen MR) is 124 cm³/mol. The molecule has 0 unspecified atom stereocenters. The average molecular weight is 449 g/mol. The Labute approximate surface area is 188 Å². The molecule has 3 heterocycles. The van der Waals surface area contributed by atoms with Crippen LogP contribution in [-0.2, 0) is 17.6 Å². The van der Waals surface area contributed by atoms with Crippen LogP contribution in [0, 0.1) is 0 Å². The molecule has 5 nitrogen and oxygen atoms in total. The van der Waals surface area contributed by atoms with Crippen molar-refractivity contribution in [3.63, 3.8) is 0 Å². The lowest BCUT2D eigenvalue weighted by molar-refractivity contribution is -0.116. The number of hydrogen-bond acceptors (Lipinski definition) is 5. The zero-order chi connectivity index (χ0) is 21.5. The van der Waals surface area contributed by atoms with E-state index in [9.17, 15) is 14.4 Å². The highest BCUT2D eigenvalue weighted by Gasteiger charge is 2.33. The molecule has 1 aliphatic heterocycles. The van der Waals surface area contributed by atoms with Crippen LogP contribution in [0.3, 0.4) is 0 Å². The van der Waals surface area contributed by atoms with Gasteiger partial charge in [0.05, 0.1) is 10.4 Å². The van der Waals surface area contributed by atoms with E-state index in [1.165, 1.54) is 32.5 Å². The third-order valence-corrected chi connectivity index (χ3v) is 7.81. The van der Waals surface area contributed by atoms with Gasteiger partial charge in [0.1, 0.15) is 11.5 Å². The zero-order valence-electron chi connectivity index (χ0n) is 16.8. The van der Waals surface area contributed by atoms with Gasteiger partial charge in [-0.1, -0.05) is 30.8 Å². The summed E-state index contributed by atoms with van der Waals surface area (Å²) in [5.41, 5.74) is 3.52. The van der Waals surface area contributed by atoms with Gasteiger partial charge in [-0.2, -0.15) is 0 Å². The van der Waals surface area contributed by atoms with Crippen LogP contribution >= 0.6 is 22.7 Å². The Morgan fingerprint density at radius 3 is 2.58 bits per heavy atom. The molecule has 1 aliphatic carbocycles. The maximum Gasteiger partial charge on any atom is 0.259 e. The van der Waals surface area contributed by atoms with Crippen molar-refractivity contribution in [1.29, 1.82) is 0 Å². The highest BCUT2D eigenvalue weighted by molar-refractivity contribution is 7.17. The fourth-order valence-electron chi connectivity index (χ4n) is 4.24. The van der Waals surface area contributed by atoms with Crippen LogP contribution in [-0.4, -0.2) is 29.0 Å². The van der Waals surface area contributed by atoms with Gasteiger partial charge in [-0.05, 0) is 48.8 Å². The third-order valence-electron chi connectivity index (χ3n) is 5.74. The van der Waals surface area contributed by atoms with E-state index >= 15 is 0 Å². The minimum Gasteiger partial charge on any atom is -0.316 e. The van der Waals surface area contributed by atoms with Crippen molar-refractivity contribution in [3.05, 3.63) is 80.4 Å². The van der Waals surface area contributed by atoms with Crippen molar-refractivity contribution < 1.29 is 14.4 Å². The summed E-state index contributed by atoms with van der Waals surface area (Å²) >= 11 is 2.89. The maximum atomic E-state index is 13.2. The smallest absolute Gasteiger partial charge is 0.259 e.